The van der Waals surface area contributed by atoms with Crippen LogP contribution < -0.4 is 5.32 Å². The highest BCUT2D eigenvalue weighted by atomic mass is 32.1. The van der Waals surface area contributed by atoms with Crippen LogP contribution in [0, 0.1) is 6.92 Å². The topological polar surface area (TPSA) is 132 Å². The van der Waals surface area contributed by atoms with Crippen molar-refractivity contribution in [1.82, 2.24) is 4.98 Å². The van der Waals surface area contributed by atoms with Gasteiger partial charge in [0.15, 0.2) is 5.13 Å². The van der Waals surface area contributed by atoms with Crippen molar-refractivity contribution in [3.8, 4) is 0 Å². The van der Waals surface area contributed by atoms with E-state index in [-0.39, 0.29) is 12.3 Å². The Morgan fingerprint density at radius 2 is 1.81 bits per heavy atom. The van der Waals surface area contributed by atoms with Crippen LogP contribution in [0.3, 0.4) is 0 Å². The smallest absolute Gasteiger partial charge is 0.257 e. The number of nitrogens with zero attached hydrogens (tertiary/aromatic N) is 1. The maximum atomic E-state index is 12.2. The van der Waals surface area contributed by atoms with Crippen LogP contribution in [-0.2, 0) is 11.2 Å². The number of thiazole rings is 1. The second-order valence-corrected chi connectivity index (χ2v) is 7.50. The molecule has 3 rings (SSSR count). The molecule has 0 spiro atoms. The maximum Gasteiger partial charge on any atom is 0.257 e. The van der Waals surface area contributed by atoms with Crippen LogP contribution in [-0.4, -0.2) is 68.4 Å². The van der Waals surface area contributed by atoms with Crippen molar-refractivity contribution in [3.05, 3.63) is 46.5 Å². The molecule has 5 atom stereocenters. The maximum absolute atomic E-state index is 12.2. The number of benzene rings is 1. The molecule has 0 saturated carbocycles. The number of anilines is 1. The van der Waals surface area contributed by atoms with Crippen molar-refractivity contribution in [3.63, 3.8) is 0 Å². The fourth-order valence-electron chi connectivity index (χ4n) is 2.96. The summed E-state index contributed by atoms with van der Waals surface area (Å²) in [5.74, 6) is -0.274. The van der Waals surface area contributed by atoms with Gasteiger partial charge in [-0.3, -0.25) is 10.1 Å². The quantitative estimate of drug-likeness (QED) is 0.485. The predicted molar refractivity (Wildman–Crippen MR) is 98.7 cm³/mol. The molecule has 27 heavy (non-hydrogen) atoms. The lowest BCUT2D eigenvalue weighted by Crippen LogP contribution is -2.58. The summed E-state index contributed by atoms with van der Waals surface area (Å²) in [7, 11) is 0. The molecule has 1 fully saturated rings. The number of rotatable bonds is 5. The monoisotopic (exact) mass is 394 g/mol. The molecule has 1 amide bonds. The SMILES string of the molecule is Cc1nc(NC(=O)c2ccccc2)sc1C[C@@H]1O[C@H](CO)[C@H](O)[C@H](O)[C@H]1O. The van der Waals surface area contributed by atoms with Gasteiger partial charge in [0.25, 0.3) is 5.91 Å². The van der Waals surface area contributed by atoms with Gasteiger partial charge in [0.05, 0.1) is 18.4 Å². The molecule has 0 radical (unpaired) electrons. The molecule has 8 nitrogen and oxygen atoms in total. The van der Waals surface area contributed by atoms with Gasteiger partial charge in [0.2, 0.25) is 0 Å². The van der Waals surface area contributed by atoms with E-state index in [1.165, 1.54) is 11.3 Å². The van der Waals surface area contributed by atoms with E-state index >= 15 is 0 Å². The molecule has 2 heterocycles. The van der Waals surface area contributed by atoms with Gasteiger partial charge < -0.3 is 25.2 Å². The van der Waals surface area contributed by atoms with E-state index in [4.69, 9.17) is 4.74 Å². The molecule has 1 aliphatic heterocycles. The van der Waals surface area contributed by atoms with Crippen molar-refractivity contribution < 1.29 is 30.0 Å². The van der Waals surface area contributed by atoms with Crippen LogP contribution in [0.1, 0.15) is 20.9 Å². The highest BCUT2D eigenvalue weighted by Gasteiger charge is 2.43. The zero-order valence-electron chi connectivity index (χ0n) is 14.6. The average molecular weight is 394 g/mol. The summed E-state index contributed by atoms with van der Waals surface area (Å²) in [4.78, 5) is 17.3. The Hall–Kier alpha value is -1.88. The van der Waals surface area contributed by atoms with Crippen molar-refractivity contribution in [1.29, 1.82) is 0 Å². The Kier molecular flexibility index (Phi) is 6.20. The molecule has 146 valence electrons. The molecule has 0 unspecified atom stereocenters. The third-order valence-electron chi connectivity index (χ3n) is 4.53. The second-order valence-electron chi connectivity index (χ2n) is 6.42. The Bertz CT molecular complexity index is 781. The summed E-state index contributed by atoms with van der Waals surface area (Å²) in [6, 6.07) is 8.76. The van der Waals surface area contributed by atoms with Gasteiger partial charge >= 0.3 is 0 Å². The van der Waals surface area contributed by atoms with Crippen molar-refractivity contribution in [2.24, 2.45) is 0 Å². The molecular formula is C18H22N2O6S. The van der Waals surface area contributed by atoms with E-state index in [1.54, 1.807) is 31.2 Å². The van der Waals surface area contributed by atoms with Gasteiger partial charge in [0, 0.05) is 16.9 Å². The van der Waals surface area contributed by atoms with E-state index in [1.807, 2.05) is 6.07 Å². The first-order valence-corrected chi connectivity index (χ1v) is 9.35. The molecule has 2 aromatic rings. The summed E-state index contributed by atoms with van der Waals surface area (Å²) < 4.78 is 5.53. The normalized spacial score (nSPS) is 28.1. The van der Waals surface area contributed by atoms with Gasteiger partial charge in [-0.15, -0.1) is 11.3 Å². The van der Waals surface area contributed by atoms with Crippen LogP contribution in [0.25, 0.3) is 0 Å². The minimum absolute atomic E-state index is 0.228. The minimum Gasteiger partial charge on any atom is -0.394 e. The lowest BCUT2D eigenvalue weighted by atomic mass is 9.93. The van der Waals surface area contributed by atoms with Crippen LogP contribution in [0.15, 0.2) is 30.3 Å². The number of ether oxygens (including phenoxy) is 1. The summed E-state index contributed by atoms with van der Waals surface area (Å²) in [5, 5.41) is 42.4. The molecule has 1 aromatic carbocycles. The standard InChI is InChI=1S/C18H22N2O6S/c1-9-13(7-11-14(22)16(24)15(23)12(8-21)26-11)27-18(19-9)20-17(25)10-5-3-2-4-6-10/h2-6,11-12,14-16,21-24H,7-8H2,1H3,(H,19,20,25)/t11-,12+,14-,15-,16+/m0/s1. The number of aliphatic hydroxyl groups is 4. The first-order valence-electron chi connectivity index (χ1n) is 8.54. The third-order valence-corrected chi connectivity index (χ3v) is 5.62. The van der Waals surface area contributed by atoms with E-state index in [0.29, 0.717) is 16.4 Å². The Balaban J connectivity index is 1.70. The summed E-state index contributed by atoms with van der Waals surface area (Å²) in [6.07, 6.45) is -5.62. The van der Waals surface area contributed by atoms with E-state index in [9.17, 15) is 25.2 Å². The van der Waals surface area contributed by atoms with Gasteiger partial charge in [-0.25, -0.2) is 4.98 Å². The molecule has 5 N–H and O–H groups in total. The summed E-state index contributed by atoms with van der Waals surface area (Å²) in [5.41, 5.74) is 1.18. The highest BCUT2D eigenvalue weighted by molar-refractivity contribution is 7.15. The molecular weight excluding hydrogens is 372 g/mol. The predicted octanol–water partition coefficient (Wildman–Crippen LogP) is 0.0887. The number of carbonyl (C=O) groups is 1. The van der Waals surface area contributed by atoms with Gasteiger partial charge in [-0.1, -0.05) is 18.2 Å². The molecule has 1 saturated heterocycles. The second kappa shape index (κ2) is 8.42. The van der Waals surface area contributed by atoms with Crippen molar-refractivity contribution in [2.75, 3.05) is 11.9 Å². The number of nitrogens with one attached hydrogen (secondary N) is 1. The van der Waals surface area contributed by atoms with Crippen LogP contribution in [0.4, 0.5) is 5.13 Å². The third kappa shape index (κ3) is 4.34. The van der Waals surface area contributed by atoms with E-state index in [0.717, 1.165) is 4.88 Å². The molecule has 9 heteroatoms. The minimum atomic E-state index is -1.41. The Morgan fingerprint density at radius 1 is 1.15 bits per heavy atom. The number of aromatic nitrogens is 1. The summed E-state index contributed by atoms with van der Waals surface area (Å²) >= 11 is 1.25. The molecule has 0 aliphatic carbocycles. The van der Waals surface area contributed by atoms with Crippen molar-refractivity contribution >= 4 is 22.4 Å². The van der Waals surface area contributed by atoms with Crippen LogP contribution >= 0.6 is 11.3 Å². The van der Waals surface area contributed by atoms with Gasteiger partial charge in [0.1, 0.15) is 24.4 Å². The average Bonchev–Trinajstić information content (AvgIpc) is 3.01. The lowest BCUT2D eigenvalue weighted by molar-refractivity contribution is -0.228. The number of carbonyl (C=O) groups excluding carboxylic acids is 1. The zero-order valence-corrected chi connectivity index (χ0v) is 15.5. The van der Waals surface area contributed by atoms with E-state index < -0.39 is 37.1 Å². The van der Waals surface area contributed by atoms with Gasteiger partial charge in [-0.2, -0.15) is 0 Å². The Morgan fingerprint density at radius 3 is 2.48 bits per heavy atom. The number of aryl methyl sites for hydroxylation is 1. The first-order chi connectivity index (χ1) is 12.9. The van der Waals surface area contributed by atoms with Gasteiger partial charge in [-0.05, 0) is 19.1 Å². The highest BCUT2D eigenvalue weighted by Crippen LogP contribution is 2.29. The Labute approximate surface area is 160 Å². The van der Waals surface area contributed by atoms with Crippen molar-refractivity contribution in [2.45, 2.75) is 43.9 Å². The zero-order chi connectivity index (χ0) is 19.6. The number of hydrogen-bond acceptors (Lipinski definition) is 8. The fraction of sp³-hybridized carbons (Fsp3) is 0.444. The number of amides is 1. The lowest BCUT2D eigenvalue weighted by Gasteiger charge is -2.40. The molecule has 1 aromatic heterocycles. The first kappa shape index (κ1) is 19.9. The molecule has 1 aliphatic rings. The van der Waals surface area contributed by atoms with E-state index in [2.05, 4.69) is 10.3 Å². The molecule has 0 bridgehead atoms. The summed E-state index contributed by atoms with van der Waals surface area (Å²) in [6.45, 7) is 1.30. The van der Waals surface area contributed by atoms with Crippen LogP contribution in [0.5, 0.6) is 0 Å². The van der Waals surface area contributed by atoms with Crippen LogP contribution in [0.2, 0.25) is 0 Å². The number of hydrogen-bond donors (Lipinski definition) is 5. The fourth-order valence-corrected chi connectivity index (χ4v) is 3.96. The number of aliphatic hydroxyl groups excluding tert-OH is 4. The largest absolute Gasteiger partial charge is 0.394 e.